The van der Waals surface area contributed by atoms with Gasteiger partial charge in [0.05, 0.1) is 0 Å². The first-order valence-electron chi connectivity index (χ1n) is 6.03. The summed E-state index contributed by atoms with van der Waals surface area (Å²) in [4.78, 5) is 11.8. The average molecular weight is 234 g/mol. The molecule has 0 radical (unpaired) electrons. The molecule has 2 heteroatoms. The van der Waals surface area contributed by atoms with E-state index in [9.17, 15) is 4.79 Å². The number of hydrogen-bond acceptors (Lipinski definition) is 2. The number of aliphatic hydroxyl groups is 1. The normalized spacial score (nSPS) is 11.6. The zero-order chi connectivity index (χ0) is 13.2. The number of carbonyl (C=O) groups excluding carboxylic acids is 1. The van der Waals surface area contributed by atoms with Crippen molar-refractivity contribution in [3.63, 3.8) is 0 Å². The Kier molecular flexibility index (Phi) is 4.10. The minimum Gasteiger partial charge on any atom is -0.396 e. The molecule has 0 bridgehead atoms. The lowest BCUT2D eigenvalue weighted by Crippen LogP contribution is -2.24. The van der Waals surface area contributed by atoms with Gasteiger partial charge in [0.25, 0.3) is 0 Å². The van der Waals surface area contributed by atoms with Crippen molar-refractivity contribution in [3.05, 3.63) is 34.4 Å². The van der Waals surface area contributed by atoms with Crippen LogP contribution in [0.4, 0.5) is 0 Å². The van der Waals surface area contributed by atoms with E-state index >= 15 is 0 Å². The Morgan fingerprint density at radius 1 is 1.24 bits per heavy atom. The summed E-state index contributed by atoms with van der Waals surface area (Å²) in [5, 5.41) is 9.17. The molecule has 0 aliphatic rings. The smallest absolute Gasteiger partial charge is 0.160 e. The van der Waals surface area contributed by atoms with Crippen molar-refractivity contribution in [2.45, 2.75) is 46.5 Å². The van der Waals surface area contributed by atoms with Gasteiger partial charge in [-0.15, -0.1) is 0 Å². The molecule has 0 aliphatic heterocycles. The van der Waals surface area contributed by atoms with Crippen LogP contribution in [0.5, 0.6) is 0 Å². The fourth-order valence-corrected chi connectivity index (χ4v) is 2.54. The second-order valence-electron chi connectivity index (χ2n) is 5.36. The SMILES string of the molecule is CC(=O)c1c(C)ccc(C)c1C(C)(C)CCO. The topological polar surface area (TPSA) is 37.3 Å². The number of aliphatic hydroxyl groups excluding tert-OH is 1. The Morgan fingerprint density at radius 2 is 1.76 bits per heavy atom. The number of ketones is 1. The predicted molar refractivity (Wildman–Crippen MR) is 70.6 cm³/mol. The van der Waals surface area contributed by atoms with Crippen molar-refractivity contribution in [3.8, 4) is 0 Å². The average Bonchev–Trinajstić information content (AvgIpc) is 2.20. The molecule has 2 nitrogen and oxygen atoms in total. The Bertz CT molecular complexity index is 431. The molecule has 0 amide bonds. The molecule has 1 rings (SSSR count). The minimum absolute atomic E-state index is 0.104. The van der Waals surface area contributed by atoms with Crippen LogP contribution >= 0.6 is 0 Å². The van der Waals surface area contributed by atoms with Crippen molar-refractivity contribution < 1.29 is 9.90 Å². The molecule has 0 aromatic heterocycles. The molecule has 0 aliphatic carbocycles. The van der Waals surface area contributed by atoms with E-state index in [1.165, 1.54) is 0 Å². The lowest BCUT2D eigenvalue weighted by Gasteiger charge is -2.29. The first-order valence-corrected chi connectivity index (χ1v) is 6.03. The molecule has 0 heterocycles. The maximum atomic E-state index is 11.8. The van der Waals surface area contributed by atoms with Crippen molar-refractivity contribution in [1.29, 1.82) is 0 Å². The van der Waals surface area contributed by atoms with Gasteiger partial charge in [0, 0.05) is 12.2 Å². The Balaban J connectivity index is 3.50. The van der Waals surface area contributed by atoms with Crippen LogP contribution in [0, 0.1) is 13.8 Å². The van der Waals surface area contributed by atoms with Gasteiger partial charge < -0.3 is 5.11 Å². The van der Waals surface area contributed by atoms with Gasteiger partial charge in [-0.2, -0.15) is 0 Å². The molecule has 1 aromatic rings. The number of rotatable bonds is 4. The van der Waals surface area contributed by atoms with E-state index in [4.69, 9.17) is 5.11 Å². The van der Waals surface area contributed by atoms with Crippen LogP contribution in [0.2, 0.25) is 0 Å². The summed E-state index contributed by atoms with van der Waals surface area (Å²) in [5.41, 5.74) is 3.87. The Hall–Kier alpha value is -1.15. The van der Waals surface area contributed by atoms with Gasteiger partial charge in [0.2, 0.25) is 0 Å². The van der Waals surface area contributed by atoms with E-state index in [-0.39, 0.29) is 17.8 Å². The molecule has 0 spiro atoms. The van der Waals surface area contributed by atoms with Gasteiger partial charge in [0.15, 0.2) is 5.78 Å². The highest BCUT2D eigenvalue weighted by molar-refractivity contribution is 5.97. The van der Waals surface area contributed by atoms with Crippen molar-refractivity contribution in [1.82, 2.24) is 0 Å². The van der Waals surface area contributed by atoms with Crippen LogP contribution in [-0.2, 0) is 5.41 Å². The lowest BCUT2D eigenvalue weighted by molar-refractivity contribution is 0.101. The number of carbonyl (C=O) groups is 1. The van der Waals surface area contributed by atoms with Crippen molar-refractivity contribution in [2.24, 2.45) is 0 Å². The highest BCUT2D eigenvalue weighted by atomic mass is 16.3. The third kappa shape index (κ3) is 2.75. The molecule has 0 unspecified atom stereocenters. The van der Waals surface area contributed by atoms with E-state index in [1.807, 2.05) is 19.9 Å². The standard InChI is InChI=1S/C15H22O2/c1-10-6-7-11(2)14(13(10)12(3)17)15(4,5)8-9-16/h6-7,16H,8-9H2,1-5H3. The largest absolute Gasteiger partial charge is 0.396 e. The van der Waals surface area contributed by atoms with E-state index in [1.54, 1.807) is 6.92 Å². The third-order valence-electron chi connectivity index (χ3n) is 3.39. The second kappa shape index (κ2) is 5.01. The Morgan fingerprint density at radius 3 is 2.24 bits per heavy atom. The van der Waals surface area contributed by atoms with E-state index in [0.29, 0.717) is 6.42 Å². The molecule has 17 heavy (non-hydrogen) atoms. The zero-order valence-corrected chi connectivity index (χ0v) is 11.4. The number of Topliss-reactive ketones (excluding diaryl/α,β-unsaturated/α-hetero) is 1. The van der Waals surface area contributed by atoms with E-state index in [0.717, 1.165) is 22.3 Å². The van der Waals surface area contributed by atoms with Crippen LogP contribution in [0.25, 0.3) is 0 Å². The van der Waals surface area contributed by atoms with Crippen LogP contribution in [0.15, 0.2) is 12.1 Å². The van der Waals surface area contributed by atoms with Crippen LogP contribution in [0.3, 0.4) is 0 Å². The van der Waals surface area contributed by atoms with Crippen LogP contribution < -0.4 is 0 Å². The highest BCUT2D eigenvalue weighted by Gasteiger charge is 2.27. The van der Waals surface area contributed by atoms with E-state index < -0.39 is 0 Å². The maximum absolute atomic E-state index is 11.8. The predicted octanol–water partition coefficient (Wildman–Crippen LogP) is 3.17. The summed E-state index contributed by atoms with van der Waals surface area (Å²) < 4.78 is 0. The summed E-state index contributed by atoms with van der Waals surface area (Å²) >= 11 is 0. The Labute approximate surface area is 104 Å². The second-order valence-corrected chi connectivity index (χ2v) is 5.36. The summed E-state index contributed by atoms with van der Waals surface area (Å²) in [6, 6.07) is 4.04. The van der Waals surface area contributed by atoms with Crippen LogP contribution in [0.1, 0.15) is 54.2 Å². The highest BCUT2D eigenvalue weighted by Crippen LogP contribution is 2.34. The van der Waals surface area contributed by atoms with E-state index in [2.05, 4.69) is 19.9 Å². The molecular weight excluding hydrogens is 212 g/mol. The number of benzene rings is 1. The zero-order valence-electron chi connectivity index (χ0n) is 11.4. The van der Waals surface area contributed by atoms with Crippen molar-refractivity contribution >= 4 is 5.78 Å². The first-order chi connectivity index (χ1) is 7.81. The molecule has 0 saturated heterocycles. The number of aryl methyl sites for hydroxylation is 2. The van der Waals surface area contributed by atoms with Gasteiger partial charge in [-0.1, -0.05) is 26.0 Å². The first kappa shape index (κ1) is 13.9. The molecule has 94 valence electrons. The molecule has 0 fully saturated rings. The molecular formula is C15H22O2. The summed E-state index contributed by atoms with van der Waals surface area (Å²) in [6.45, 7) is 9.90. The number of hydrogen-bond donors (Lipinski definition) is 1. The molecule has 0 atom stereocenters. The monoisotopic (exact) mass is 234 g/mol. The summed E-state index contributed by atoms with van der Waals surface area (Å²) in [5.74, 6) is 0.104. The minimum atomic E-state index is -0.175. The van der Waals surface area contributed by atoms with Gasteiger partial charge in [-0.05, 0) is 49.3 Å². The molecule has 1 aromatic carbocycles. The lowest BCUT2D eigenvalue weighted by atomic mass is 9.75. The van der Waals surface area contributed by atoms with Gasteiger partial charge in [0.1, 0.15) is 0 Å². The van der Waals surface area contributed by atoms with Crippen LogP contribution in [-0.4, -0.2) is 17.5 Å². The molecule has 0 saturated carbocycles. The quantitative estimate of drug-likeness (QED) is 0.812. The van der Waals surface area contributed by atoms with Gasteiger partial charge >= 0.3 is 0 Å². The fraction of sp³-hybridized carbons (Fsp3) is 0.533. The van der Waals surface area contributed by atoms with Crippen molar-refractivity contribution in [2.75, 3.05) is 6.61 Å². The van der Waals surface area contributed by atoms with Gasteiger partial charge in [-0.25, -0.2) is 0 Å². The van der Waals surface area contributed by atoms with Gasteiger partial charge in [-0.3, -0.25) is 4.79 Å². The summed E-state index contributed by atoms with van der Waals surface area (Å²) in [6.07, 6.45) is 0.664. The maximum Gasteiger partial charge on any atom is 0.160 e. The third-order valence-corrected chi connectivity index (χ3v) is 3.39. The summed E-state index contributed by atoms with van der Waals surface area (Å²) in [7, 11) is 0. The fourth-order valence-electron chi connectivity index (χ4n) is 2.54. The molecule has 1 N–H and O–H groups in total.